The Kier molecular flexibility index (Phi) is 5.28. The van der Waals surface area contributed by atoms with Crippen LogP contribution in [0.5, 0.6) is 0 Å². The summed E-state index contributed by atoms with van der Waals surface area (Å²) in [5.41, 5.74) is 3.30. The molecule has 29 heavy (non-hydrogen) atoms. The van der Waals surface area contributed by atoms with Gasteiger partial charge in [0.15, 0.2) is 11.5 Å². The normalized spacial score (nSPS) is 10.8. The van der Waals surface area contributed by atoms with E-state index in [0.29, 0.717) is 34.5 Å². The number of amides is 1. The molecule has 146 valence electrons. The monoisotopic (exact) mass is 426 g/mol. The van der Waals surface area contributed by atoms with Crippen LogP contribution in [0.2, 0.25) is 5.02 Å². The maximum absolute atomic E-state index is 12.7. The first-order valence-corrected chi connectivity index (χ1v) is 9.88. The van der Waals surface area contributed by atoms with Gasteiger partial charge in [-0.3, -0.25) is 14.3 Å². The third-order valence-corrected chi connectivity index (χ3v) is 5.20. The fraction of sp³-hybridized carbons (Fsp3) is 0.100. The predicted octanol–water partition coefficient (Wildman–Crippen LogP) is 4.76. The molecule has 0 aliphatic heterocycles. The van der Waals surface area contributed by atoms with E-state index in [1.54, 1.807) is 40.7 Å². The molecule has 0 unspecified atom stereocenters. The number of benzene rings is 1. The molecular formula is C20H15ClN4O3S. The van der Waals surface area contributed by atoms with E-state index in [1.807, 2.05) is 12.1 Å². The number of rotatable bonds is 6. The number of aromatic nitrogens is 3. The quantitative estimate of drug-likeness (QED) is 0.449. The zero-order chi connectivity index (χ0) is 20.4. The number of carbonyl (C=O) groups is 2. The summed E-state index contributed by atoms with van der Waals surface area (Å²) < 4.78 is 7.06. The second-order valence-corrected chi connectivity index (χ2v) is 7.53. The minimum atomic E-state index is -0.336. The van der Waals surface area contributed by atoms with Crippen LogP contribution in [0.4, 0.5) is 5.69 Å². The fourth-order valence-corrected chi connectivity index (χ4v) is 3.73. The lowest BCUT2D eigenvalue weighted by atomic mass is 10.1. The number of Topliss-reactive ketones (excluding diaryl/α,β-unsaturated/α-hetero) is 1. The van der Waals surface area contributed by atoms with E-state index >= 15 is 0 Å². The van der Waals surface area contributed by atoms with Crippen LogP contribution in [0, 0.1) is 0 Å². The van der Waals surface area contributed by atoms with Gasteiger partial charge in [0.05, 0.1) is 28.8 Å². The van der Waals surface area contributed by atoms with E-state index in [0.717, 1.165) is 10.4 Å². The molecule has 0 bridgehead atoms. The summed E-state index contributed by atoms with van der Waals surface area (Å²) in [5.74, 6) is 0.428. The molecule has 0 aliphatic carbocycles. The van der Waals surface area contributed by atoms with Gasteiger partial charge in [0.25, 0.3) is 5.91 Å². The minimum Gasteiger partial charge on any atom is -0.456 e. The molecule has 1 aromatic carbocycles. The molecule has 3 heterocycles. The zero-order valence-electron chi connectivity index (χ0n) is 15.3. The second-order valence-electron chi connectivity index (χ2n) is 6.24. The Morgan fingerprint density at radius 3 is 2.90 bits per heavy atom. The summed E-state index contributed by atoms with van der Waals surface area (Å²) >= 11 is 7.43. The SMILES string of the molecule is CC(=O)c1ccc(Cn2cc(NC(=O)c3ncsc3-c3cccc(Cl)c3)cn2)o1. The Labute approximate surface area is 175 Å². The van der Waals surface area contributed by atoms with Crippen LogP contribution in [-0.4, -0.2) is 26.5 Å². The molecule has 0 fully saturated rings. The zero-order valence-corrected chi connectivity index (χ0v) is 16.8. The predicted molar refractivity (Wildman–Crippen MR) is 111 cm³/mol. The van der Waals surface area contributed by atoms with Crippen molar-refractivity contribution < 1.29 is 14.0 Å². The molecule has 0 aliphatic rings. The summed E-state index contributed by atoms with van der Waals surface area (Å²) in [6, 6.07) is 10.6. The molecule has 1 N–H and O–H groups in total. The van der Waals surface area contributed by atoms with Crippen LogP contribution in [0.25, 0.3) is 10.4 Å². The van der Waals surface area contributed by atoms with Crippen molar-refractivity contribution in [3.63, 3.8) is 0 Å². The Bertz CT molecular complexity index is 1190. The number of halogens is 1. The van der Waals surface area contributed by atoms with Crippen LogP contribution < -0.4 is 5.32 Å². The van der Waals surface area contributed by atoms with Gasteiger partial charge in [-0.05, 0) is 29.8 Å². The molecular weight excluding hydrogens is 412 g/mol. The van der Waals surface area contributed by atoms with Crippen molar-refractivity contribution in [2.45, 2.75) is 13.5 Å². The Hall–Kier alpha value is -3.23. The van der Waals surface area contributed by atoms with Crippen molar-refractivity contribution in [1.82, 2.24) is 14.8 Å². The average molecular weight is 427 g/mol. The number of hydrogen-bond acceptors (Lipinski definition) is 6. The van der Waals surface area contributed by atoms with Gasteiger partial charge >= 0.3 is 0 Å². The van der Waals surface area contributed by atoms with E-state index < -0.39 is 0 Å². The summed E-state index contributed by atoms with van der Waals surface area (Å²) in [6.45, 7) is 1.79. The molecule has 0 radical (unpaired) electrons. The van der Waals surface area contributed by atoms with Gasteiger partial charge in [-0.15, -0.1) is 11.3 Å². The molecule has 0 spiro atoms. The molecule has 3 aromatic heterocycles. The maximum atomic E-state index is 12.7. The van der Waals surface area contributed by atoms with E-state index in [1.165, 1.54) is 24.5 Å². The lowest BCUT2D eigenvalue weighted by molar-refractivity contribution is 0.0983. The smallest absolute Gasteiger partial charge is 0.275 e. The van der Waals surface area contributed by atoms with Crippen molar-refractivity contribution in [3.8, 4) is 10.4 Å². The minimum absolute atomic E-state index is 0.136. The van der Waals surface area contributed by atoms with Gasteiger partial charge in [0, 0.05) is 18.1 Å². The molecule has 1 amide bonds. The topological polar surface area (TPSA) is 90.0 Å². The standard InChI is InChI=1S/C20H15ClN4O3S/c1-12(26)17-6-5-16(28-17)10-25-9-15(8-23-25)24-20(27)18-19(29-11-22-18)13-3-2-4-14(21)7-13/h2-9,11H,10H2,1H3,(H,24,27). The van der Waals surface area contributed by atoms with Crippen LogP contribution in [0.3, 0.4) is 0 Å². The number of nitrogens with zero attached hydrogens (tertiary/aromatic N) is 3. The van der Waals surface area contributed by atoms with Crippen molar-refractivity contribution in [3.05, 3.63) is 76.5 Å². The van der Waals surface area contributed by atoms with Gasteiger partial charge in [0.1, 0.15) is 11.5 Å². The van der Waals surface area contributed by atoms with E-state index in [2.05, 4.69) is 15.4 Å². The molecule has 0 saturated heterocycles. The molecule has 4 rings (SSSR count). The van der Waals surface area contributed by atoms with Crippen molar-refractivity contribution in [2.24, 2.45) is 0 Å². The lowest BCUT2D eigenvalue weighted by Crippen LogP contribution is -2.13. The highest BCUT2D eigenvalue weighted by Gasteiger charge is 2.17. The number of furan rings is 1. The van der Waals surface area contributed by atoms with Crippen molar-refractivity contribution in [1.29, 1.82) is 0 Å². The molecule has 4 aromatic rings. The van der Waals surface area contributed by atoms with Gasteiger partial charge in [-0.1, -0.05) is 23.7 Å². The fourth-order valence-electron chi connectivity index (χ4n) is 2.76. The number of carbonyl (C=O) groups excluding carboxylic acids is 2. The average Bonchev–Trinajstić information content (AvgIpc) is 3.42. The first kappa shape index (κ1) is 19.1. The largest absolute Gasteiger partial charge is 0.456 e. The highest BCUT2D eigenvalue weighted by Crippen LogP contribution is 2.30. The van der Waals surface area contributed by atoms with Crippen LogP contribution in [0.15, 0.2) is 58.7 Å². The van der Waals surface area contributed by atoms with Crippen LogP contribution >= 0.6 is 22.9 Å². The molecule has 9 heteroatoms. The number of anilines is 1. The number of hydrogen-bond donors (Lipinski definition) is 1. The number of thiazole rings is 1. The van der Waals surface area contributed by atoms with E-state index in [-0.39, 0.29) is 11.7 Å². The van der Waals surface area contributed by atoms with Crippen molar-refractivity contribution >= 4 is 40.3 Å². The van der Waals surface area contributed by atoms with Crippen LogP contribution in [0.1, 0.15) is 33.7 Å². The molecule has 0 saturated carbocycles. The first-order chi connectivity index (χ1) is 14.0. The third-order valence-electron chi connectivity index (χ3n) is 4.09. The Balaban J connectivity index is 1.47. The third kappa shape index (κ3) is 4.28. The first-order valence-electron chi connectivity index (χ1n) is 8.62. The van der Waals surface area contributed by atoms with Crippen molar-refractivity contribution in [2.75, 3.05) is 5.32 Å². The Morgan fingerprint density at radius 1 is 1.28 bits per heavy atom. The second kappa shape index (κ2) is 8.02. The van der Waals surface area contributed by atoms with Gasteiger partial charge in [-0.2, -0.15) is 5.10 Å². The van der Waals surface area contributed by atoms with Gasteiger partial charge < -0.3 is 9.73 Å². The summed E-state index contributed by atoms with van der Waals surface area (Å²) in [5, 5.41) is 7.61. The van der Waals surface area contributed by atoms with Gasteiger partial charge in [0.2, 0.25) is 0 Å². The highest BCUT2D eigenvalue weighted by atomic mass is 35.5. The van der Waals surface area contributed by atoms with E-state index in [9.17, 15) is 9.59 Å². The van der Waals surface area contributed by atoms with Crippen LogP contribution in [-0.2, 0) is 6.54 Å². The van der Waals surface area contributed by atoms with Gasteiger partial charge in [-0.25, -0.2) is 4.98 Å². The summed E-state index contributed by atoms with van der Waals surface area (Å²) in [7, 11) is 0. The highest BCUT2D eigenvalue weighted by molar-refractivity contribution is 7.13. The lowest BCUT2D eigenvalue weighted by Gasteiger charge is -2.04. The maximum Gasteiger partial charge on any atom is 0.275 e. The molecule has 7 nitrogen and oxygen atoms in total. The Morgan fingerprint density at radius 2 is 2.14 bits per heavy atom. The van der Waals surface area contributed by atoms with E-state index in [4.69, 9.17) is 16.0 Å². The number of ketones is 1. The summed E-state index contributed by atoms with van der Waals surface area (Å²) in [6.07, 6.45) is 3.22. The molecule has 0 atom stereocenters. The number of nitrogens with one attached hydrogen (secondary N) is 1. The summed E-state index contributed by atoms with van der Waals surface area (Å²) in [4.78, 5) is 29.0.